The van der Waals surface area contributed by atoms with Crippen LogP contribution in [0.1, 0.15) is 23.5 Å². The number of carbonyl (C=O) groups excluding carboxylic acids is 2. The quantitative estimate of drug-likeness (QED) is 0.295. The van der Waals surface area contributed by atoms with E-state index in [1.54, 1.807) is 6.07 Å². The SMILES string of the molecule is CCOc1ccc2nc(NC(=O)C(C)Sc3cccc(NC(=O)c4cccs4)c3)sc2c1. The molecule has 4 rings (SSSR count). The second-order valence-corrected chi connectivity index (χ2v) is 10.2. The fraction of sp³-hybridized carbons (Fsp3) is 0.174. The van der Waals surface area contributed by atoms with Gasteiger partial charge in [-0.05, 0) is 61.7 Å². The number of hydrogen-bond donors (Lipinski definition) is 2. The van der Waals surface area contributed by atoms with Crippen LogP contribution in [-0.4, -0.2) is 28.7 Å². The molecule has 0 fully saturated rings. The predicted octanol–water partition coefficient (Wildman–Crippen LogP) is 6.13. The van der Waals surface area contributed by atoms with Gasteiger partial charge in [0, 0.05) is 10.6 Å². The van der Waals surface area contributed by atoms with Crippen LogP contribution in [-0.2, 0) is 4.79 Å². The highest BCUT2D eigenvalue weighted by atomic mass is 32.2. The van der Waals surface area contributed by atoms with Crippen molar-refractivity contribution in [3.05, 3.63) is 64.9 Å². The van der Waals surface area contributed by atoms with Gasteiger partial charge in [0.05, 0.1) is 27.0 Å². The van der Waals surface area contributed by atoms with E-state index >= 15 is 0 Å². The van der Waals surface area contributed by atoms with Gasteiger partial charge in [0.25, 0.3) is 5.91 Å². The zero-order chi connectivity index (χ0) is 22.5. The summed E-state index contributed by atoms with van der Waals surface area (Å²) in [7, 11) is 0. The third-order valence-electron chi connectivity index (χ3n) is 4.42. The summed E-state index contributed by atoms with van der Waals surface area (Å²) in [4.78, 5) is 31.0. The number of benzene rings is 2. The zero-order valence-electron chi connectivity index (χ0n) is 17.5. The molecule has 0 saturated carbocycles. The molecule has 32 heavy (non-hydrogen) atoms. The molecule has 0 aliphatic carbocycles. The Morgan fingerprint density at radius 2 is 2.00 bits per heavy atom. The van der Waals surface area contributed by atoms with E-state index in [9.17, 15) is 9.59 Å². The van der Waals surface area contributed by atoms with Crippen molar-refractivity contribution in [1.29, 1.82) is 0 Å². The number of anilines is 2. The molecule has 0 aliphatic rings. The number of thiophene rings is 1. The number of aromatic nitrogens is 1. The Morgan fingerprint density at radius 1 is 1.12 bits per heavy atom. The van der Waals surface area contributed by atoms with E-state index in [0.29, 0.717) is 22.3 Å². The van der Waals surface area contributed by atoms with Gasteiger partial charge in [-0.25, -0.2) is 4.98 Å². The summed E-state index contributed by atoms with van der Waals surface area (Å²) in [5.74, 6) is 0.514. The molecule has 2 aromatic carbocycles. The smallest absolute Gasteiger partial charge is 0.265 e. The Morgan fingerprint density at radius 3 is 2.78 bits per heavy atom. The summed E-state index contributed by atoms with van der Waals surface area (Å²) < 4.78 is 6.49. The van der Waals surface area contributed by atoms with Gasteiger partial charge in [-0.1, -0.05) is 23.5 Å². The first-order valence-corrected chi connectivity index (χ1v) is 12.5. The molecule has 2 amide bonds. The normalized spacial score (nSPS) is 11.8. The second kappa shape index (κ2) is 10.2. The molecule has 2 N–H and O–H groups in total. The lowest BCUT2D eigenvalue weighted by Crippen LogP contribution is -2.22. The van der Waals surface area contributed by atoms with Crippen LogP contribution < -0.4 is 15.4 Å². The van der Waals surface area contributed by atoms with Crippen molar-refractivity contribution in [2.24, 2.45) is 0 Å². The molecule has 9 heteroatoms. The summed E-state index contributed by atoms with van der Waals surface area (Å²) in [6, 6.07) is 16.8. The van der Waals surface area contributed by atoms with Gasteiger partial charge in [-0.15, -0.1) is 23.1 Å². The molecule has 2 aromatic heterocycles. The maximum Gasteiger partial charge on any atom is 0.265 e. The van der Waals surface area contributed by atoms with Crippen LogP contribution in [0.2, 0.25) is 0 Å². The number of nitrogens with zero attached hydrogens (tertiary/aromatic N) is 1. The van der Waals surface area contributed by atoms with Crippen molar-refractivity contribution < 1.29 is 14.3 Å². The minimum atomic E-state index is -0.343. The minimum Gasteiger partial charge on any atom is -0.494 e. The highest BCUT2D eigenvalue weighted by Gasteiger charge is 2.17. The first-order valence-electron chi connectivity index (χ1n) is 9.97. The Balaban J connectivity index is 1.38. The van der Waals surface area contributed by atoms with E-state index in [1.165, 1.54) is 34.4 Å². The Hall–Kier alpha value is -2.88. The van der Waals surface area contributed by atoms with Crippen LogP contribution in [0.4, 0.5) is 10.8 Å². The molecule has 0 aliphatic heterocycles. The van der Waals surface area contributed by atoms with Gasteiger partial charge < -0.3 is 15.4 Å². The maximum atomic E-state index is 12.7. The van der Waals surface area contributed by atoms with Crippen molar-refractivity contribution in [3.8, 4) is 5.75 Å². The largest absolute Gasteiger partial charge is 0.494 e. The third-order valence-corrected chi connectivity index (χ3v) is 7.32. The second-order valence-electron chi connectivity index (χ2n) is 6.79. The van der Waals surface area contributed by atoms with Crippen LogP contribution >= 0.6 is 34.4 Å². The van der Waals surface area contributed by atoms with Crippen LogP contribution in [0.25, 0.3) is 10.2 Å². The Bertz CT molecular complexity index is 1240. The molecule has 1 unspecified atom stereocenters. The van der Waals surface area contributed by atoms with E-state index in [2.05, 4.69) is 15.6 Å². The van der Waals surface area contributed by atoms with Crippen LogP contribution in [0, 0.1) is 0 Å². The van der Waals surface area contributed by atoms with Crippen LogP contribution in [0.5, 0.6) is 5.75 Å². The highest BCUT2D eigenvalue weighted by molar-refractivity contribution is 8.00. The summed E-state index contributed by atoms with van der Waals surface area (Å²) in [5, 5.41) is 7.88. The fourth-order valence-corrected chi connectivity index (χ4v) is 5.37. The number of carbonyl (C=O) groups is 2. The number of nitrogens with one attached hydrogen (secondary N) is 2. The van der Waals surface area contributed by atoms with Gasteiger partial charge in [0.2, 0.25) is 5.91 Å². The number of ether oxygens (including phenoxy) is 1. The Kier molecular flexibility index (Phi) is 7.09. The molecule has 164 valence electrons. The van der Waals surface area contributed by atoms with Crippen molar-refractivity contribution >= 4 is 67.3 Å². The van der Waals surface area contributed by atoms with E-state index in [0.717, 1.165) is 20.9 Å². The molecule has 0 spiro atoms. The lowest BCUT2D eigenvalue weighted by atomic mass is 10.3. The molecular formula is C23H21N3O3S3. The number of hydrogen-bond acceptors (Lipinski definition) is 7. The first-order chi connectivity index (χ1) is 15.5. The van der Waals surface area contributed by atoms with E-state index in [4.69, 9.17) is 4.74 Å². The Labute approximate surface area is 198 Å². The molecule has 1 atom stereocenters. The molecule has 0 radical (unpaired) electrons. The van der Waals surface area contributed by atoms with Crippen LogP contribution in [0.3, 0.4) is 0 Å². The van der Waals surface area contributed by atoms with Crippen molar-refractivity contribution in [2.45, 2.75) is 24.0 Å². The monoisotopic (exact) mass is 483 g/mol. The van der Waals surface area contributed by atoms with E-state index in [1.807, 2.05) is 67.8 Å². The number of rotatable bonds is 8. The van der Waals surface area contributed by atoms with Gasteiger partial charge in [-0.2, -0.15) is 0 Å². The number of fused-ring (bicyclic) bond motifs is 1. The van der Waals surface area contributed by atoms with Crippen molar-refractivity contribution in [1.82, 2.24) is 4.98 Å². The van der Waals surface area contributed by atoms with Gasteiger partial charge in [-0.3, -0.25) is 9.59 Å². The lowest BCUT2D eigenvalue weighted by Gasteiger charge is -2.11. The van der Waals surface area contributed by atoms with Crippen LogP contribution in [0.15, 0.2) is 64.9 Å². The molecule has 0 saturated heterocycles. The summed E-state index contributed by atoms with van der Waals surface area (Å²) in [5.41, 5.74) is 1.51. The fourth-order valence-electron chi connectivity index (χ4n) is 2.93. The zero-order valence-corrected chi connectivity index (χ0v) is 19.9. The average molecular weight is 484 g/mol. The van der Waals surface area contributed by atoms with Gasteiger partial charge in [0.1, 0.15) is 5.75 Å². The first kappa shape index (κ1) is 22.3. The van der Waals surface area contributed by atoms with Crippen molar-refractivity contribution in [2.75, 3.05) is 17.2 Å². The summed E-state index contributed by atoms with van der Waals surface area (Å²) >= 11 is 4.23. The number of thiazole rings is 1. The summed E-state index contributed by atoms with van der Waals surface area (Å²) in [6.45, 7) is 4.38. The lowest BCUT2D eigenvalue weighted by molar-refractivity contribution is -0.115. The van der Waals surface area contributed by atoms with E-state index in [-0.39, 0.29) is 17.1 Å². The van der Waals surface area contributed by atoms with Gasteiger partial charge >= 0.3 is 0 Å². The predicted molar refractivity (Wildman–Crippen MR) is 133 cm³/mol. The molecule has 2 heterocycles. The average Bonchev–Trinajstić information content (AvgIpc) is 3.43. The highest BCUT2D eigenvalue weighted by Crippen LogP contribution is 2.31. The minimum absolute atomic E-state index is 0.132. The number of amides is 2. The molecule has 4 aromatic rings. The standard InChI is InChI=1S/C23H21N3O3S3/c1-3-29-16-9-10-18-20(13-16)32-23(25-18)26-21(27)14(2)31-17-7-4-6-15(12-17)24-22(28)19-8-5-11-30-19/h4-14H,3H2,1-2H3,(H,24,28)(H,25,26,27). The molecular weight excluding hydrogens is 462 g/mol. The summed E-state index contributed by atoms with van der Waals surface area (Å²) in [6.07, 6.45) is 0. The third kappa shape index (κ3) is 5.48. The van der Waals surface area contributed by atoms with Gasteiger partial charge in [0.15, 0.2) is 5.13 Å². The maximum absolute atomic E-state index is 12.7. The van der Waals surface area contributed by atoms with E-state index < -0.39 is 0 Å². The van der Waals surface area contributed by atoms with Crippen molar-refractivity contribution in [3.63, 3.8) is 0 Å². The topological polar surface area (TPSA) is 80.3 Å². The molecule has 0 bridgehead atoms. The number of thioether (sulfide) groups is 1. The molecule has 6 nitrogen and oxygen atoms in total.